The molecule has 0 aliphatic carbocycles. The quantitative estimate of drug-likeness (QED) is 0.849. The van der Waals surface area contributed by atoms with Gasteiger partial charge < -0.3 is 5.11 Å². The Morgan fingerprint density at radius 1 is 1.43 bits per heavy atom. The number of hydrogen-bond acceptors (Lipinski definition) is 3. The highest BCUT2D eigenvalue weighted by Gasteiger charge is 2.22. The molecule has 0 saturated carbocycles. The van der Waals surface area contributed by atoms with Gasteiger partial charge in [0, 0.05) is 15.2 Å². The molecular weight excluding hydrogens is 295 g/mol. The van der Waals surface area contributed by atoms with Crippen LogP contribution in [0, 0.1) is 0 Å². The molecular formula is C7H4BrClO4S. The summed E-state index contributed by atoms with van der Waals surface area (Å²) in [5.74, 6) is -1.34. The minimum Gasteiger partial charge on any atom is -0.478 e. The summed E-state index contributed by atoms with van der Waals surface area (Å²) < 4.78 is 22.2. The van der Waals surface area contributed by atoms with Gasteiger partial charge in [-0.3, -0.25) is 0 Å². The lowest BCUT2D eigenvalue weighted by molar-refractivity contribution is 0.0692. The molecule has 76 valence electrons. The predicted octanol–water partition coefficient (Wildman–Crippen LogP) is 2.07. The molecule has 0 radical (unpaired) electrons. The standard InChI is InChI=1S/C7H4BrClO4S/c8-5-3-1-2-4(7(10)11)6(5)14(9,12)13/h1-3H,(H,10,11). The molecule has 0 aliphatic rings. The van der Waals surface area contributed by atoms with E-state index >= 15 is 0 Å². The molecule has 0 bridgehead atoms. The van der Waals surface area contributed by atoms with E-state index < -0.39 is 19.9 Å². The smallest absolute Gasteiger partial charge is 0.337 e. The fraction of sp³-hybridized carbons (Fsp3) is 0. The lowest BCUT2D eigenvalue weighted by Gasteiger charge is -2.03. The van der Waals surface area contributed by atoms with Crippen molar-refractivity contribution in [2.24, 2.45) is 0 Å². The summed E-state index contributed by atoms with van der Waals surface area (Å²) in [7, 11) is 1.03. The molecule has 1 N–H and O–H groups in total. The lowest BCUT2D eigenvalue weighted by Crippen LogP contribution is -2.05. The highest BCUT2D eigenvalue weighted by Crippen LogP contribution is 2.28. The van der Waals surface area contributed by atoms with E-state index in [1.807, 2.05) is 0 Å². The number of carbonyl (C=O) groups is 1. The first-order chi connectivity index (χ1) is 6.34. The van der Waals surface area contributed by atoms with Crippen LogP contribution >= 0.6 is 26.6 Å². The first-order valence-electron chi connectivity index (χ1n) is 3.30. The molecule has 0 aliphatic heterocycles. The third-order valence-electron chi connectivity index (χ3n) is 1.44. The molecule has 0 atom stereocenters. The summed E-state index contributed by atoms with van der Waals surface area (Å²) in [5, 5.41) is 8.71. The predicted molar refractivity (Wildman–Crippen MR) is 54.1 cm³/mol. The van der Waals surface area contributed by atoms with Crippen molar-refractivity contribution in [1.82, 2.24) is 0 Å². The van der Waals surface area contributed by atoms with E-state index in [1.54, 1.807) is 0 Å². The van der Waals surface area contributed by atoms with Crippen molar-refractivity contribution in [3.8, 4) is 0 Å². The largest absolute Gasteiger partial charge is 0.478 e. The Kier molecular flexibility index (Phi) is 3.18. The molecule has 0 aromatic heterocycles. The van der Waals surface area contributed by atoms with Gasteiger partial charge >= 0.3 is 5.97 Å². The van der Waals surface area contributed by atoms with Crippen molar-refractivity contribution in [3.05, 3.63) is 28.2 Å². The Morgan fingerprint density at radius 3 is 2.36 bits per heavy atom. The second kappa shape index (κ2) is 3.88. The monoisotopic (exact) mass is 298 g/mol. The zero-order valence-electron chi connectivity index (χ0n) is 6.57. The maximum Gasteiger partial charge on any atom is 0.337 e. The lowest BCUT2D eigenvalue weighted by atomic mass is 10.2. The van der Waals surface area contributed by atoms with E-state index in [-0.39, 0.29) is 10.0 Å². The normalized spacial score (nSPS) is 11.3. The van der Waals surface area contributed by atoms with Gasteiger partial charge in [-0.1, -0.05) is 6.07 Å². The summed E-state index contributed by atoms with van der Waals surface area (Å²) in [6.07, 6.45) is 0. The number of carboxylic acid groups (broad SMARTS) is 1. The van der Waals surface area contributed by atoms with Gasteiger partial charge in [0.25, 0.3) is 9.05 Å². The van der Waals surface area contributed by atoms with E-state index in [1.165, 1.54) is 18.2 Å². The summed E-state index contributed by atoms with van der Waals surface area (Å²) >= 11 is 2.92. The summed E-state index contributed by atoms with van der Waals surface area (Å²) in [5.41, 5.74) is -0.352. The summed E-state index contributed by atoms with van der Waals surface area (Å²) in [4.78, 5) is 10.3. The summed E-state index contributed by atoms with van der Waals surface area (Å²) in [6.45, 7) is 0. The van der Waals surface area contributed by atoms with Crippen LogP contribution in [0.5, 0.6) is 0 Å². The highest BCUT2D eigenvalue weighted by molar-refractivity contribution is 9.10. The van der Waals surface area contributed by atoms with Crippen molar-refractivity contribution in [3.63, 3.8) is 0 Å². The molecule has 0 unspecified atom stereocenters. The van der Waals surface area contributed by atoms with Crippen molar-refractivity contribution < 1.29 is 18.3 Å². The Morgan fingerprint density at radius 2 is 2.00 bits per heavy atom. The highest BCUT2D eigenvalue weighted by atomic mass is 79.9. The van der Waals surface area contributed by atoms with Crippen LogP contribution in [-0.4, -0.2) is 19.5 Å². The molecule has 7 heteroatoms. The van der Waals surface area contributed by atoms with Crippen LogP contribution in [0.25, 0.3) is 0 Å². The Balaban J connectivity index is 3.62. The molecule has 1 aromatic carbocycles. The second-order valence-electron chi connectivity index (χ2n) is 2.36. The van der Waals surface area contributed by atoms with Crippen LogP contribution in [-0.2, 0) is 9.05 Å². The number of hydrogen-bond donors (Lipinski definition) is 1. The number of rotatable bonds is 2. The maximum atomic E-state index is 11.1. The zero-order valence-corrected chi connectivity index (χ0v) is 9.73. The Hall–Kier alpha value is -0.590. The van der Waals surface area contributed by atoms with Gasteiger partial charge in [-0.05, 0) is 28.1 Å². The van der Waals surface area contributed by atoms with Crippen LogP contribution in [0.4, 0.5) is 0 Å². The topological polar surface area (TPSA) is 71.4 Å². The maximum absolute atomic E-state index is 11.1. The third kappa shape index (κ3) is 2.26. The Bertz CT molecular complexity index is 482. The van der Waals surface area contributed by atoms with Gasteiger partial charge in [-0.15, -0.1) is 0 Å². The van der Waals surface area contributed by atoms with Gasteiger partial charge in [0.05, 0.1) is 5.56 Å². The molecule has 0 fully saturated rings. The number of halogens is 2. The van der Waals surface area contributed by atoms with Crippen LogP contribution < -0.4 is 0 Å². The van der Waals surface area contributed by atoms with Gasteiger partial charge in [0.2, 0.25) is 0 Å². The number of carboxylic acids is 1. The van der Waals surface area contributed by atoms with Gasteiger partial charge in [0.1, 0.15) is 4.90 Å². The zero-order chi connectivity index (χ0) is 10.9. The SMILES string of the molecule is O=C(O)c1cccc(Br)c1S(=O)(=O)Cl. The molecule has 1 aromatic rings. The van der Waals surface area contributed by atoms with E-state index in [0.29, 0.717) is 0 Å². The minimum atomic E-state index is -4.06. The number of benzene rings is 1. The number of aromatic carboxylic acids is 1. The molecule has 0 heterocycles. The second-order valence-corrected chi connectivity index (χ2v) is 5.72. The Labute approximate surface area is 93.1 Å². The van der Waals surface area contributed by atoms with Crippen LogP contribution in [0.15, 0.2) is 27.6 Å². The van der Waals surface area contributed by atoms with E-state index in [4.69, 9.17) is 15.8 Å². The van der Waals surface area contributed by atoms with Crippen LogP contribution in [0.3, 0.4) is 0 Å². The molecule has 0 amide bonds. The van der Waals surface area contributed by atoms with Crippen molar-refractivity contribution >= 4 is 41.6 Å². The van der Waals surface area contributed by atoms with Gasteiger partial charge in [-0.25, -0.2) is 13.2 Å². The molecule has 0 saturated heterocycles. The van der Waals surface area contributed by atoms with E-state index in [0.717, 1.165) is 0 Å². The first-order valence-corrected chi connectivity index (χ1v) is 6.40. The van der Waals surface area contributed by atoms with Crippen molar-refractivity contribution in [2.45, 2.75) is 4.90 Å². The fourth-order valence-electron chi connectivity index (χ4n) is 0.925. The van der Waals surface area contributed by atoms with Gasteiger partial charge in [-0.2, -0.15) is 0 Å². The average molecular weight is 300 g/mol. The van der Waals surface area contributed by atoms with Crippen molar-refractivity contribution in [1.29, 1.82) is 0 Å². The van der Waals surface area contributed by atoms with E-state index in [2.05, 4.69) is 15.9 Å². The van der Waals surface area contributed by atoms with Crippen LogP contribution in [0.1, 0.15) is 10.4 Å². The third-order valence-corrected chi connectivity index (χ3v) is 3.75. The van der Waals surface area contributed by atoms with E-state index in [9.17, 15) is 13.2 Å². The molecule has 0 spiro atoms. The van der Waals surface area contributed by atoms with Crippen LogP contribution in [0.2, 0.25) is 0 Å². The molecule has 4 nitrogen and oxygen atoms in total. The average Bonchev–Trinajstić information content (AvgIpc) is 2.01. The summed E-state index contributed by atoms with van der Waals surface area (Å²) in [6, 6.07) is 3.99. The van der Waals surface area contributed by atoms with Crippen molar-refractivity contribution in [2.75, 3.05) is 0 Å². The molecule has 1 rings (SSSR count). The molecule has 14 heavy (non-hydrogen) atoms. The first kappa shape index (κ1) is 11.5. The fourth-order valence-corrected chi connectivity index (χ4v) is 3.43. The van der Waals surface area contributed by atoms with Gasteiger partial charge in [0.15, 0.2) is 0 Å². The minimum absolute atomic E-state index is 0.132.